The number of amides is 1. The van der Waals surface area contributed by atoms with E-state index >= 15 is 0 Å². The fourth-order valence-corrected chi connectivity index (χ4v) is 3.83. The largest absolute Gasteiger partial charge is 0.395 e. The van der Waals surface area contributed by atoms with Crippen LogP contribution in [-0.4, -0.2) is 51.0 Å². The molecule has 1 aliphatic rings. The van der Waals surface area contributed by atoms with Gasteiger partial charge in [-0.2, -0.15) is 5.10 Å². The first-order valence-electron chi connectivity index (χ1n) is 10.2. The molecule has 32 heavy (non-hydrogen) atoms. The van der Waals surface area contributed by atoms with E-state index in [1.807, 2.05) is 25.1 Å². The Morgan fingerprint density at radius 1 is 1.41 bits per heavy atom. The van der Waals surface area contributed by atoms with E-state index in [4.69, 9.17) is 0 Å². The maximum atomic E-state index is 12.2. The molecule has 1 aliphatic heterocycles. The summed E-state index contributed by atoms with van der Waals surface area (Å²) in [7, 11) is 3.26. The van der Waals surface area contributed by atoms with Crippen molar-refractivity contribution in [2.24, 2.45) is 7.05 Å². The predicted octanol–water partition coefficient (Wildman–Crippen LogP) is 2.03. The van der Waals surface area contributed by atoms with Gasteiger partial charge in [0.25, 0.3) is 5.91 Å². The average molecular weight is 432 g/mol. The monoisotopic (exact) mass is 431 g/mol. The molecule has 9 heteroatoms. The summed E-state index contributed by atoms with van der Waals surface area (Å²) in [5, 5.41) is 23.2. The van der Waals surface area contributed by atoms with Crippen LogP contribution in [0.25, 0.3) is 11.3 Å². The first kappa shape index (κ1) is 21.3. The SMILES string of the molecule is CC#Cc1cc(-c2ccnc(Nc3cnn(C)c3C(=O)NC)n2)cc2c1NCC2(C)CO. The lowest BCUT2D eigenvalue weighted by Crippen LogP contribution is -2.28. The molecule has 164 valence electrons. The van der Waals surface area contributed by atoms with Crippen molar-refractivity contribution in [3.63, 3.8) is 0 Å². The minimum absolute atomic E-state index is 0.0231. The lowest BCUT2D eigenvalue weighted by Gasteiger charge is -2.21. The molecular weight excluding hydrogens is 406 g/mol. The van der Waals surface area contributed by atoms with Gasteiger partial charge in [-0.15, -0.1) is 5.92 Å². The Morgan fingerprint density at radius 3 is 2.94 bits per heavy atom. The van der Waals surface area contributed by atoms with Gasteiger partial charge in [0, 0.05) is 43.4 Å². The number of aromatic nitrogens is 4. The number of carbonyl (C=O) groups excluding carboxylic acids is 1. The van der Waals surface area contributed by atoms with Crippen LogP contribution < -0.4 is 16.0 Å². The molecule has 0 spiro atoms. The molecule has 0 saturated heterocycles. The molecule has 4 N–H and O–H groups in total. The number of aliphatic hydroxyl groups excluding tert-OH is 1. The first-order chi connectivity index (χ1) is 15.4. The van der Waals surface area contributed by atoms with Gasteiger partial charge in [-0.05, 0) is 30.7 Å². The highest BCUT2D eigenvalue weighted by Gasteiger charge is 2.35. The highest BCUT2D eigenvalue weighted by molar-refractivity contribution is 5.98. The second kappa shape index (κ2) is 8.32. The zero-order chi connectivity index (χ0) is 22.9. The number of aliphatic hydroxyl groups is 1. The zero-order valence-electron chi connectivity index (χ0n) is 18.4. The van der Waals surface area contributed by atoms with Gasteiger partial charge in [0.2, 0.25) is 5.95 Å². The summed E-state index contributed by atoms with van der Waals surface area (Å²) in [6.07, 6.45) is 3.21. The zero-order valence-corrected chi connectivity index (χ0v) is 18.4. The smallest absolute Gasteiger partial charge is 0.271 e. The summed E-state index contributed by atoms with van der Waals surface area (Å²) < 4.78 is 1.49. The van der Waals surface area contributed by atoms with E-state index in [0.29, 0.717) is 29.6 Å². The second-order valence-electron chi connectivity index (χ2n) is 7.89. The second-order valence-corrected chi connectivity index (χ2v) is 7.89. The van der Waals surface area contributed by atoms with Crippen LogP contribution in [-0.2, 0) is 12.5 Å². The van der Waals surface area contributed by atoms with Gasteiger partial charge < -0.3 is 21.1 Å². The fraction of sp³-hybridized carbons (Fsp3) is 0.304. The van der Waals surface area contributed by atoms with E-state index in [-0.39, 0.29) is 12.5 Å². The van der Waals surface area contributed by atoms with E-state index < -0.39 is 5.41 Å². The van der Waals surface area contributed by atoms with Crippen LogP contribution in [0, 0.1) is 11.8 Å². The summed E-state index contributed by atoms with van der Waals surface area (Å²) in [6.45, 7) is 4.48. The van der Waals surface area contributed by atoms with Gasteiger partial charge in [-0.3, -0.25) is 9.48 Å². The molecule has 0 bridgehead atoms. The number of aryl methyl sites for hydroxylation is 1. The topological polar surface area (TPSA) is 117 Å². The molecule has 3 heterocycles. The lowest BCUT2D eigenvalue weighted by molar-refractivity contribution is 0.0954. The number of carbonyl (C=O) groups is 1. The maximum Gasteiger partial charge on any atom is 0.271 e. The molecule has 1 amide bonds. The number of nitrogens with one attached hydrogen (secondary N) is 3. The number of fused-ring (bicyclic) bond motifs is 1. The van der Waals surface area contributed by atoms with Crippen molar-refractivity contribution >= 4 is 23.2 Å². The number of nitrogens with zero attached hydrogens (tertiary/aromatic N) is 4. The average Bonchev–Trinajstić information content (AvgIpc) is 3.34. The third-order valence-electron chi connectivity index (χ3n) is 5.63. The number of hydrogen-bond acceptors (Lipinski definition) is 7. The Hall–Kier alpha value is -3.90. The van der Waals surface area contributed by atoms with Crippen molar-refractivity contribution in [1.29, 1.82) is 0 Å². The molecule has 3 aromatic rings. The van der Waals surface area contributed by atoms with E-state index in [0.717, 1.165) is 22.4 Å². The molecule has 1 aromatic carbocycles. The quantitative estimate of drug-likeness (QED) is 0.457. The highest BCUT2D eigenvalue weighted by Crippen LogP contribution is 2.41. The van der Waals surface area contributed by atoms with Crippen LogP contribution >= 0.6 is 0 Å². The van der Waals surface area contributed by atoms with Crippen LogP contribution in [0.4, 0.5) is 17.3 Å². The third-order valence-corrected chi connectivity index (χ3v) is 5.63. The van der Waals surface area contributed by atoms with Crippen molar-refractivity contribution in [2.75, 3.05) is 30.8 Å². The van der Waals surface area contributed by atoms with E-state index in [9.17, 15) is 9.90 Å². The van der Waals surface area contributed by atoms with Crippen LogP contribution in [0.5, 0.6) is 0 Å². The highest BCUT2D eigenvalue weighted by atomic mass is 16.3. The van der Waals surface area contributed by atoms with Crippen LogP contribution in [0.15, 0.2) is 30.6 Å². The molecule has 1 unspecified atom stereocenters. The molecule has 0 aliphatic carbocycles. The van der Waals surface area contributed by atoms with E-state index in [2.05, 4.69) is 42.9 Å². The molecule has 0 saturated carbocycles. The Kier molecular flexibility index (Phi) is 5.55. The Balaban J connectivity index is 1.75. The Labute approximate surface area is 186 Å². The Bertz CT molecular complexity index is 1250. The van der Waals surface area contributed by atoms with Crippen molar-refractivity contribution in [1.82, 2.24) is 25.1 Å². The van der Waals surface area contributed by atoms with Gasteiger partial charge in [0.1, 0.15) is 5.69 Å². The van der Waals surface area contributed by atoms with Gasteiger partial charge in [0.15, 0.2) is 0 Å². The summed E-state index contributed by atoms with van der Waals surface area (Å²) >= 11 is 0. The van der Waals surface area contributed by atoms with Gasteiger partial charge in [-0.1, -0.05) is 12.8 Å². The normalized spacial score (nSPS) is 16.5. The number of anilines is 3. The molecule has 0 fully saturated rings. The maximum absolute atomic E-state index is 12.2. The van der Waals surface area contributed by atoms with E-state index in [1.165, 1.54) is 4.68 Å². The lowest BCUT2D eigenvalue weighted by atomic mass is 9.83. The summed E-state index contributed by atoms with van der Waals surface area (Å²) in [5.74, 6) is 6.19. The van der Waals surface area contributed by atoms with Crippen LogP contribution in [0.1, 0.15) is 35.5 Å². The number of benzene rings is 1. The predicted molar refractivity (Wildman–Crippen MR) is 123 cm³/mol. The van der Waals surface area contributed by atoms with Crippen molar-refractivity contribution in [2.45, 2.75) is 19.3 Å². The van der Waals surface area contributed by atoms with Crippen LogP contribution in [0.3, 0.4) is 0 Å². The van der Waals surface area contributed by atoms with E-state index in [1.54, 1.807) is 33.4 Å². The molecular formula is C23H25N7O2. The van der Waals surface area contributed by atoms with Gasteiger partial charge in [0.05, 0.1) is 29.9 Å². The number of hydrogen-bond donors (Lipinski definition) is 4. The standard InChI is InChI=1S/C23H25N7O2/c1-5-6-14-9-15(10-16-19(14)26-12-23(16,2)13-31)17-7-8-25-22(28-17)29-18-11-27-30(4)20(18)21(32)24-3/h7-11,26,31H,12-13H2,1-4H3,(H,24,32)(H,25,28,29). The van der Waals surface area contributed by atoms with Gasteiger partial charge in [-0.25, -0.2) is 9.97 Å². The molecule has 2 aromatic heterocycles. The summed E-state index contributed by atoms with van der Waals surface area (Å²) in [5.41, 5.74) is 4.88. The minimum atomic E-state index is -0.401. The van der Waals surface area contributed by atoms with Crippen molar-refractivity contribution in [3.8, 4) is 23.1 Å². The molecule has 0 radical (unpaired) electrons. The summed E-state index contributed by atoms with van der Waals surface area (Å²) in [6, 6.07) is 5.84. The summed E-state index contributed by atoms with van der Waals surface area (Å²) in [4.78, 5) is 21.2. The van der Waals surface area contributed by atoms with Crippen molar-refractivity contribution < 1.29 is 9.90 Å². The molecule has 9 nitrogen and oxygen atoms in total. The van der Waals surface area contributed by atoms with Crippen molar-refractivity contribution in [3.05, 3.63) is 47.4 Å². The minimum Gasteiger partial charge on any atom is -0.395 e. The number of rotatable bonds is 5. The third kappa shape index (κ3) is 3.65. The molecule has 4 rings (SSSR count). The molecule has 1 atom stereocenters. The Morgan fingerprint density at radius 2 is 2.22 bits per heavy atom. The fourth-order valence-electron chi connectivity index (χ4n) is 3.83. The first-order valence-corrected chi connectivity index (χ1v) is 10.2. The van der Waals surface area contributed by atoms with Gasteiger partial charge >= 0.3 is 0 Å². The van der Waals surface area contributed by atoms with Crippen LogP contribution in [0.2, 0.25) is 0 Å².